The van der Waals surface area contributed by atoms with E-state index in [2.05, 4.69) is 28.7 Å². The van der Waals surface area contributed by atoms with Gasteiger partial charge in [-0.05, 0) is 12.8 Å². The molecule has 1 saturated heterocycles. The second-order valence-electron chi connectivity index (χ2n) is 6.42. The van der Waals surface area contributed by atoms with E-state index in [1.54, 1.807) is 0 Å². The van der Waals surface area contributed by atoms with Gasteiger partial charge in [0.1, 0.15) is 0 Å². The molecular formula is C18H25N3O2. The molecule has 1 unspecified atom stereocenters. The molecule has 0 aliphatic carbocycles. The topological polar surface area (TPSA) is 59.3 Å². The minimum Gasteiger partial charge on any atom is -0.396 e. The third kappa shape index (κ3) is 3.80. The summed E-state index contributed by atoms with van der Waals surface area (Å²) in [7, 11) is 1.95. The minimum atomic E-state index is 0.0733. The van der Waals surface area contributed by atoms with E-state index in [1.165, 1.54) is 5.56 Å². The summed E-state index contributed by atoms with van der Waals surface area (Å²) < 4.78 is 7.41. The third-order valence-corrected chi connectivity index (χ3v) is 4.59. The number of nitrogens with one attached hydrogen (secondary N) is 1. The lowest BCUT2D eigenvalue weighted by Gasteiger charge is -2.26. The summed E-state index contributed by atoms with van der Waals surface area (Å²) in [6, 6.07) is 10.3. The number of rotatable bonds is 7. The fourth-order valence-corrected chi connectivity index (χ4v) is 3.28. The van der Waals surface area contributed by atoms with Gasteiger partial charge in [0.15, 0.2) is 0 Å². The van der Waals surface area contributed by atoms with Gasteiger partial charge in [0.25, 0.3) is 0 Å². The van der Waals surface area contributed by atoms with Crippen molar-refractivity contribution < 1.29 is 9.84 Å². The maximum Gasteiger partial charge on any atom is 0.0967 e. The Labute approximate surface area is 137 Å². The van der Waals surface area contributed by atoms with Crippen LogP contribution < -0.4 is 5.32 Å². The fourth-order valence-electron chi connectivity index (χ4n) is 3.28. The van der Waals surface area contributed by atoms with E-state index in [1.807, 2.05) is 29.9 Å². The SMILES string of the molecule is Cn1cc(CNCC2(CCO)CCOC2)c(-c2ccccc2)n1. The highest BCUT2D eigenvalue weighted by Gasteiger charge is 2.33. The number of aryl methyl sites for hydroxylation is 1. The molecule has 124 valence electrons. The molecular weight excluding hydrogens is 290 g/mol. The van der Waals surface area contributed by atoms with Gasteiger partial charge >= 0.3 is 0 Å². The molecule has 0 radical (unpaired) electrons. The molecule has 0 amide bonds. The van der Waals surface area contributed by atoms with Crippen molar-refractivity contribution in [2.45, 2.75) is 19.4 Å². The van der Waals surface area contributed by atoms with E-state index in [0.29, 0.717) is 0 Å². The minimum absolute atomic E-state index is 0.0733. The van der Waals surface area contributed by atoms with E-state index in [9.17, 15) is 5.11 Å². The number of aromatic nitrogens is 2. The largest absolute Gasteiger partial charge is 0.396 e. The molecule has 1 aliphatic heterocycles. The number of nitrogens with zero attached hydrogens (tertiary/aromatic N) is 2. The smallest absolute Gasteiger partial charge is 0.0967 e. The van der Waals surface area contributed by atoms with Crippen molar-refractivity contribution in [3.8, 4) is 11.3 Å². The zero-order valence-electron chi connectivity index (χ0n) is 13.7. The third-order valence-electron chi connectivity index (χ3n) is 4.59. The van der Waals surface area contributed by atoms with Crippen molar-refractivity contribution >= 4 is 0 Å². The molecule has 2 heterocycles. The number of aliphatic hydroxyl groups excluding tert-OH is 1. The van der Waals surface area contributed by atoms with Crippen LogP contribution in [-0.2, 0) is 18.3 Å². The lowest BCUT2D eigenvalue weighted by Crippen LogP contribution is -2.35. The average molecular weight is 315 g/mol. The van der Waals surface area contributed by atoms with Crippen LogP contribution in [0, 0.1) is 5.41 Å². The Morgan fingerprint density at radius 2 is 2.17 bits per heavy atom. The van der Waals surface area contributed by atoms with Crippen LogP contribution in [0.25, 0.3) is 11.3 Å². The first-order valence-corrected chi connectivity index (χ1v) is 8.20. The van der Waals surface area contributed by atoms with Crippen molar-refractivity contribution in [1.82, 2.24) is 15.1 Å². The predicted molar refractivity (Wildman–Crippen MR) is 89.9 cm³/mol. The first-order chi connectivity index (χ1) is 11.2. The summed E-state index contributed by atoms with van der Waals surface area (Å²) in [5.41, 5.74) is 3.43. The Hall–Kier alpha value is -1.69. The van der Waals surface area contributed by atoms with Gasteiger partial charge in [-0.2, -0.15) is 5.10 Å². The lowest BCUT2D eigenvalue weighted by atomic mass is 9.84. The van der Waals surface area contributed by atoms with Crippen LogP contribution in [0.3, 0.4) is 0 Å². The second kappa shape index (κ2) is 7.25. The fraction of sp³-hybridized carbons (Fsp3) is 0.500. The number of ether oxygens (including phenoxy) is 1. The lowest BCUT2D eigenvalue weighted by molar-refractivity contribution is 0.124. The molecule has 1 atom stereocenters. The maximum absolute atomic E-state index is 9.31. The molecule has 0 spiro atoms. The molecule has 23 heavy (non-hydrogen) atoms. The van der Waals surface area contributed by atoms with Crippen molar-refractivity contribution in [1.29, 1.82) is 0 Å². The Balaban J connectivity index is 1.67. The highest BCUT2D eigenvalue weighted by atomic mass is 16.5. The van der Waals surface area contributed by atoms with Gasteiger partial charge in [0.2, 0.25) is 0 Å². The van der Waals surface area contributed by atoms with Gasteiger partial charge in [-0.3, -0.25) is 4.68 Å². The molecule has 1 aliphatic rings. The zero-order valence-corrected chi connectivity index (χ0v) is 13.7. The molecule has 5 nitrogen and oxygen atoms in total. The van der Waals surface area contributed by atoms with Crippen molar-refractivity contribution in [3.05, 3.63) is 42.1 Å². The Morgan fingerprint density at radius 1 is 1.35 bits per heavy atom. The van der Waals surface area contributed by atoms with E-state index in [4.69, 9.17) is 4.74 Å². The highest BCUT2D eigenvalue weighted by Crippen LogP contribution is 2.31. The maximum atomic E-state index is 9.31. The number of hydrogen-bond donors (Lipinski definition) is 2. The summed E-state index contributed by atoms with van der Waals surface area (Å²) in [6.07, 6.45) is 3.87. The number of benzene rings is 1. The van der Waals surface area contributed by atoms with Gasteiger partial charge in [-0.25, -0.2) is 0 Å². The zero-order chi connectivity index (χ0) is 16.1. The first kappa shape index (κ1) is 16.2. The quantitative estimate of drug-likeness (QED) is 0.820. The summed E-state index contributed by atoms with van der Waals surface area (Å²) in [6.45, 7) is 3.37. The van der Waals surface area contributed by atoms with E-state index < -0.39 is 0 Å². The van der Waals surface area contributed by atoms with Crippen LogP contribution in [0.5, 0.6) is 0 Å². The van der Waals surface area contributed by atoms with Crippen molar-refractivity contribution in [2.24, 2.45) is 12.5 Å². The van der Waals surface area contributed by atoms with Crippen LogP contribution in [0.15, 0.2) is 36.5 Å². The molecule has 0 saturated carbocycles. The van der Waals surface area contributed by atoms with Crippen LogP contribution in [0.4, 0.5) is 0 Å². The Bertz CT molecular complexity index is 618. The monoisotopic (exact) mass is 315 g/mol. The summed E-state index contributed by atoms with van der Waals surface area (Å²) in [4.78, 5) is 0. The van der Waals surface area contributed by atoms with Gasteiger partial charge in [0, 0.05) is 56.1 Å². The van der Waals surface area contributed by atoms with Crippen molar-refractivity contribution in [3.63, 3.8) is 0 Å². The van der Waals surface area contributed by atoms with Gasteiger partial charge < -0.3 is 15.2 Å². The molecule has 1 fully saturated rings. The summed E-state index contributed by atoms with van der Waals surface area (Å²) in [5, 5.41) is 17.5. The van der Waals surface area contributed by atoms with Crippen LogP contribution in [0.2, 0.25) is 0 Å². The van der Waals surface area contributed by atoms with Crippen LogP contribution in [0.1, 0.15) is 18.4 Å². The van der Waals surface area contributed by atoms with Crippen LogP contribution >= 0.6 is 0 Å². The average Bonchev–Trinajstić information content (AvgIpc) is 3.16. The van der Waals surface area contributed by atoms with E-state index >= 15 is 0 Å². The van der Waals surface area contributed by atoms with Gasteiger partial charge in [-0.15, -0.1) is 0 Å². The standard InChI is InChI=1S/C18H25N3O2/c1-21-12-16(17(20-21)15-5-3-2-4-6-15)11-19-13-18(7-9-22)8-10-23-14-18/h2-6,12,19,22H,7-11,13-14H2,1H3. The Morgan fingerprint density at radius 3 is 2.87 bits per heavy atom. The Kier molecular flexibility index (Phi) is 5.10. The first-order valence-electron chi connectivity index (χ1n) is 8.20. The van der Waals surface area contributed by atoms with Gasteiger partial charge in [0.05, 0.1) is 12.3 Å². The summed E-state index contributed by atoms with van der Waals surface area (Å²) in [5.74, 6) is 0. The molecule has 3 rings (SSSR count). The predicted octanol–water partition coefficient (Wildman–Crippen LogP) is 1.97. The molecule has 1 aromatic carbocycles. The molecule has 2 N–H and O–H groups in total. The normalized spacial score (nSPS) is 21.0. The van der Waals surface area contributed by atoms with E-state index in [0.717, 1.165) is 50.4 Å². The number of aliphatic hydroxyl groups is 1. The molecule has 1 aromatic heterocycles. The molecule has 0 bridgehead atoms. The van der Waals surface area contributed by atoms with Crippen LogP contribution in [-0.4, -0.2) is 41.3 Å². The van der Waals surface area contributed by atoms with Gasteiger partial charge in [-0.1, -0.05) is 30.3 Å². The highest BCUT2D eigenvalue weighted by molar-refractivity contribution is 5.62. The molecule has 2 aromatic rings. The number of hydrogen-bond acceptors (Lipinski definition) is 4. The second-order valence-corrected chi connectivity index (χ2v) is 6.42. The van der Waals surface area contributed by atoms with Crippen molar-refractivity contribution in [2.75, 3.05) is 26.4 Å². The van der Waals surface area contributed by atoms with E-state index in [-0.39, 0.29) is 12.0 Å². The summed E-state index contributed by atoms with van der Waals surface area (Å²) >= 11 is 0. The molecule has 5 heteroatoms.